The number of aromatic nitrogens is 4. The van der Waals surface area contributed by atoms with E-state index in [1.807, 2.05) is 18.2 Å². The average molecular weight is 489 g/mol. The molecule has 3 aromatic heterocycles. The molecule has 5 rings (SSSR count). The number of sulfonamides is 1. The lowest BCUT2D eigenvalue weighted by Crippen LogP contribution is -2.28. The summed E-state index contributed by atoms with van der Waals surface area (Å²) in [6, 6.07) is 7.34. The van der Waals surface area contributed by atoms with E-state index in [1.54, 1.807) is 23.8 Å². The second kappa shape index (κ2) is 8.57. The third-order valence-corrected chi connectivity index (χ3v) is 7.44. The molecule has 3 N–H and O–H groups in total. The van der Waals surface area contributed by atoms with Gasteiger partial charge in [0, 0.05) is 23.5 Å². The van der Waals surface area contributed by atoms with E-state index in [4.69, 9.17) is 19.6 Å². The fraction of sp³-hybridized carbons (Fsp3) is 0.250. The number of hydrogen-bond donors (Lipinski definition) is 2. The number of anilines is 1. The number of nitrogens with zero attached hydrogens (tertiary/aromatic N) is 4. The molecular formula is C20H20N6O5S2. The first kappa shape index (κ1) is 21.6. The number of aryl methyl sites for hydroxylation is 1. The summed E-state index contributed by atoms with van der Waals surface area (Å²) < 4.78 is 45.5. The standard InChI is InChI=1S/C20H20N6O5S2/c1-2-24-33(27,28)7-5-26-19-17(18(21)22-10-23-19)25-20(26)32-16-9-15-14(30-11-31-15)8-12(16)13-4-3-6-29-13/h3-4,6,8-10,24H,2,5,7,11H2,1H3,(H2,21,22,23). The lowest BCUT2D eigenvalue weighted by Gasteiger charge is -2.11. The second-order valence-corrected chi connectivity index (χ2v) is 10.0. The van der Waals surface area contributed by atoms with E-state index in [0.29, 0.717) is 40.1 Å². The fourth-order valence-electron chi connectivity index (χ4n) is 3.45. The molecule has 0 bridgehead atoms. The lowest BCUT2D eigenvalue weighted by atomic mass is 10.1. The number of imidazole rings is 1. The summed E-state index contributed by atoms with van der Waals surface area (Å²) in [5.41, 5.74) is 7.67. The Morgan fingerprint density at radius 2 is 2.06 bits per heavy atom. The van der Waals surface area contributed by atoms with Crippen LogP contribution in [0.25, 0.3) is 22.5 Å². The maximum absolute atomic E-state index is 12.3. The van der Waals surface area contributed by atoms with Gasteiger partial charge >= 0.3 is 0 Å². The zero-order valence-electron chi connectivity index (χ0n) is 17.5. The Morgan fingerprint density at radius 1 is 1.24 bits per heavy atom. The van der Waals surface area contributed by atoms with Crippen molar-refractivity contribution in [2.24, 2.45) is 0 Å². The van der Waals surface area contributed by atoms with Crippen molar-refractivity contribution in [2.75, 3.05) is 24.8 Å². The highest BCUT2D eigenvalue weighted by molar-refractivity contribution is 7.99. The van der Waals surface area contributed by atoms with Crippen LogP contribution in [0.2, 0.25) is 0 Å². The predicted octanol–water partition coefficient (Wildman–Crippen LogP) is 2.49. The molecule has 172 valence electrons. The van der Waals surface area contributed by atoms with Crippen molar-refractivity contribution in [1.82, 2.24) is 24.2 Å². The molecule has 0 atom stereocenters. The van der Waals surface area contributed by atoms with Gasteiger partial charge in [-0.25, -0.2) is 28.1 Å². The van der Waals surface area contributed by atoms with Crippen molar-refractivity contribution in [1.29, 1.82) is 0 Å². The van der Waals surface area contributed by atoms with Crippen LogP contribution in [0, 0.1) is 0 Å². The molecule has 0 amide bonds. The molecule has 1 aliphatic heterocycles. The first-order chi connectivity index (χ1) is 15.9. The summed E-state index contributed by atoms with van der Waals surface area (Å²) in [6.45, 7) is 2.31. The molecule has 4 heterocycles. The molecule has 1 aliphatic rings. The molecule has 0 saturated heterocycles. The molecule has 13 heteroatoms. The van der Waals surface area contributed by atoms with Crippen LogP contribution < -0.4 is 19.9 Å². The van der Waals surface area contributed by atoms with Crippen molar-refractivity contribution in [3.05, 3.63) is 36.9 Å². The Labute approximate surface area is 193 Å². The second-order valence-electron chi connectivity index (χ2n) is 7.07. The number of nitrogen functional groups attached to an aromatic ring is 1. The van der Waals surface area contributed by atoms with Gasteiger partial charge in [-0.05, 0) is 24.3 Å². The van der Waals surface area contributed by atoms with E-state index < -0.39 is 10.0 Å². The van der Waals surface area contributed by atoms with Gasteiger partial charge in [0.15, 0.2) is 33.6 Å². The summed E-state index contributed by atoms with van der Waals surface area (Å²) in [6.07, 6.45) is 2.92. The number of nitrogens with one attached hydrogen (secondary N) is 1. The molecule has 11 nitrogen and oxygen atoms in total. The van der Waals surface area contributed by atoms with Gasteiger partial charge in [-0.1, -0.05) is 18.7 Å². The Hall–Kier alpha value is -3.29. The zero-order valence-corrected chi connectivity index (χ0v) is 19.1. The van der Waals surface area contributed by atoms with Gasteiger partial charge in [0.1, 0.15) is 12.1 Å². The van der Waals surface area contributed by atoms with Gasteiger partial charge in [0.05, 0.1) is 12.0 Å². The number of nitrogens with two attached hydrogens (primary N) is 1. The monoisotopic (exact) mass is 488 g/mol. The van der Waals surface area contributed by atoms with Crippen LogP contribution in [0.4, 0.5) is 5.82 Å². The van der Waals surface area contributed by atoms with E-state index in [-0.39, 0.29) is 24.9 Å². The van der Waals surface area contributed by atoms with Crippen molar-refractivity contribution in [3.8, 4) is 22.8 Å². The number of ether oxygens (including phenoxy) is 2. The Balaban J connectivity index is 1.59. The van der Waals surface area contributed by atoms with Crippen LogP contribution in [0.5, 0.6) is 11.5 Å². The minimum absolute atomic E-state index is 0.130. The minimum Gasteiger partial charge on any atom is -0.464 e. The highest BCUT2D eigenvalue weighted by atomic mass is 32.2. The highest BCUT2D eigenvalue weighted by Crippen LogP contribution is 2.45. The molecule has 1 aromatic carbocycles. The zero-order chi connectivity index (χ0) is 23.0. The average Bonchev–Trinajstić information content (AvgIpc) is 3.52. The lowest BCUT2D eigenvalue weighted by molar-refractivity contribution is 0.174. The van der Waals surface area contributed by atoms with E-state index in [0.717, 1.165) is 10.5 Å². The summed E-state index contributed by atoms with van der Waals surface area (Å²) in [4.78, 5) is 13.7. The maximum atomic E-state index is 12.3. The fourth-order valence-corrected chi connectivity index (χ4v) is 5.51. The van der Waals surface area contributed by atoms with Crippen LogP contribution in [-0.4, -0.2) is 47.0 Å². The number of hydrogen-bond acceptors (Lipinski definition) is 10. The SMILES string of the molecule is CCNS(=O)(=O)CCn1c(Sc2cc3c(cc2-c2ccco2)OCO3)nc2c(N)ncnc21. The largest absolute Gasteiger partial charge is 0.464 e. The first-order valence-corrected chi connectivity index (χ1v) is 12.5. The number of benzene rings is 1. The van der Waals surface area contributed by atoms with Crippen molar-refractivity contribution < 1.29 is 22.3 Å². The predicted molar refractivity (Wildman–Crippen MR) is 122 cm³/mol. The van der Waals surface area contributed by atoms with Gasteiger partial charge in [0.2, 0.25) is 16.8 Å². The van der Waals surface area contributed by atoms with Gasteiger partial charge in [-0.3, -0.25) is 0 Å². The van der Waals surface area contributed by atoms with Gasteiger partial charge in [0.25, 0.3) is 0 Å². The smallest absolute Gasteiger partial charge is 0.231 e. The topological polar surface area (TPSA) is 147 Å². The molecule has 0 spiro atoms. The number of furan rings is 1. The molecule has 0 aliphatic carbocycles. The molecule has 33 heavy (non-hydrogen) atoms. The highest BCUT2D eigenvalue weighted by Gasteiger charge is 2.23. The molecule has 0 radical (unpaired) electrons. The quantitative estimate of drug-likeness (QED) is 0.379. The Morgan fingerprint density at radius 3 is 2.82 bits per heavy atom. The van der Waals surface area contributed by atoms with E-state index in [1.165, 1.54) is 18.1 Å². The summed E-state index contributed by atoms with van der Waals surface area (Å²) in [7, 11) is -3.46. The molecule has 0 fully saturated rings. The molecule has 0 unspecified atom stereocenters. The molecule has 0 saturated carbocycles. The Kier molecular flexibility index (Phi) is 5.60. The van der Waals surface area contributed by atoms with Crippen molar-refractivity contribution >= 4 is 38.8 Å². The Bertz CT molecular complexity index is 1420. The van der Waals surface area contributed by atoms with Gasteiger partial charge < -0.3 is 24.2 Å². The first-order valence-electron chi connectivity index (χ1n) is 10.0. The van der Waals surface area contributed by atoms with Crippen LogP contribution in [0.1, 0.15) is 6.92 Å². The van der Waals surface area contributed by atoms with E-state index in [9.17, 15) is 8.42 Å². The summed E-state index contributed by atoms with van der Waals surface area (Å²) in [5, 5.41) is 0.510. The summed E-state index contributed by atoms with van der Waals surface area (Å²) >= 11 is 1.32. The maximum Gasteiger partial charge on any atom is 0.231 e. The van der Waals surface area contributed by atoms with E-state index in [2.05, 4.69) is 19.7 Å². The van der Waals surface area contributed by atoms with E-state index >= 15 is 0 Å². The van der Waals surface area contributed by atoms with Gasteiger partial charge in [-0.15, -0.1) is 0 Å². The minimum atomic E-state index is -3.46. The summed E-state index contributed by atoms with van der Waals surface area (Å²) in [5.74, 6) is 1.94. The van der Waals surface area contributed by atoms with Crippen LogP contribution >= 0.6 is 11.8 Å². The van der Waals surface area contributed by atoms with Gasteiger partial charge in [-0.2, -0.15) is 0 Å². The van der Waals surface area contributed by atoms with Crippen molar-refractivity contribution in [2.45, 2.75) is 23.5 Å². The normalized spacial score (nSPS) is 13.1. The number of fused-ring (bicyclic) bond motifs is 2. The van der Waals surface area contributed by atoms with Crippen molar-refractivity contribution in [3.63, 3.8) is 0 Å². The number of rotatable bonds is 8. The third kappa shape index (κ3) is 4.21. The molecular weight excluding hydrogens is 468 g/mol. The van der Waals surface area contributed by atoms with Crippen LogP contribution in [0.15, 0.2) is 51.3 Å². The molecule has 4 aromatic rings. The third-order valence-electron chi connectivity index (χ3n) is 4.94. The van der Waals surface area contributed by atoms with Crippen LogP contribution in [0.3, 0.4) is 0 Å². The van der Waals surface area contributed by atoms with Crippen LogP contribution in [-0.2, 0) is 16.6 Å².